The molecular weight excluding hydrogens is 1740 g/mol. The van der Waals surface area contributed by atoms with Gasteiger partial charge in [0.25, 0.3) is 0 Å². The zero-order chi connectivity index (χ0) is 82.2. The van der Waals surface area contributed by atoms with Crippen LogP contribution in [0.25, 0.3) is 311 Å². The standard InChI is InChI=1S/C98H44N24O4.3Mn/c1-41-11-21-55-65(31-41)89-108-79(55)104-83-59-25-15-45-35-69(59)93(112-83)120-94-70-36-46(16-26-60(70)84(113-94)105-80-56-22-12-42(2)32-66(56)90(109-80)118-89)126-50-20-30-64-74(40-50)98-117-88(64)107-86-62-28-18-48-38-72(62)96(115-86)121-95-71-37-47(17-27-61(71)85(114-95)106-87-63-29-19-49(125-45)39-73(63)97(116-87)122-98)123-43-13-23-57-67(33-43)91-110-81(57)102-77-53-9-5-3-7-51(53)75(100-77)99-76-52-8-4-6-10-54(52)78(101-76)103-82-58-24-14-44(124-48)34-68(58)92(111-82)119-91;;;/h3-40H,1-2H3;;;/q-6;3*+2. The topological polar surface area (TPSA) is 369 Å². The monoisotopic (exact) mass is 1790 g/mol. The van der Waals surface area contributed by atoms with Crippen molar-refractivity contribution in [1.82, 2.24) is 120 Å². The maximum atomic E-state index is 6.99. The molecule has 0 fully saturated rings. The number of aryl methyl sites for hydroxylation is 2. The molecule has 2 aliphatic rings. The number of benzene rings is 12. The van der Waals surface area contributed by atoms with Crippen molar-refractivity contribution in [3.63, 3.8) is 0 Å². The Morgan fingerprint density at radius 3 is 0.690 bits per heavy atom. The minimum Gasteiger partial charge on any atom is -0.457 e. The Morgan fingerprint density at radius 2 is 0.372 bits per heavy atom. The van der Waals surface area contributed by atoms with Gasteiger partial charge in [-0.15, -0.1) is 0 Å². The van der Waals surface area contributed by atoms with Crippen molar-refractivity contribution in [3.8, 4) is 45.6 Å². The molecule has 15 aromatic heterocycles. The Bertz CT molecular complexity index is 10200. The molecule has 0 atom stereocenters. The van der Waals surface area contributed by atoms with E-state index in [0.717, 1.165) is 54.9 Å². The molecule has 40 bridgehead atoms. The first-order valence-corrected chi connectivity index (χ1v) is 40.4. The van der Waals surface area contributed by atoms with Gasteiger partial charge in [-0.05, 0) is 230 Å². The summed E-state index contributed by atoms with van der Waals surface area (Å²) >= 11 is 0. The molecule has 129 heavy (non-hydrogen) atoms. The fraction of sp³-hybridized carbons (Fsp3) is 0.0204. The Labute approximate surface area is 749 Å². The summed E-state index contributed by atoms with van der Waals surface area (Å²) in [6, 6.07) is 73.5. The minimum atomic E-state index is 0. The SMILES string of the molecule is Cc1ccc2c(c1)-c1nc-2nc2[n-]c3nc4nc(nc5[n-]c(n1)c1cc(C)ccc51)c1ccc(cc41)oc1ccc4c5nc6nc7nc8[n-]c(nc9nc(nc([n-]5)c4c1)c1cc(ccc91)oc1ccc2c3c1)c1ccc(cc81)oc1ccc2c3nc(nc4[n-]c(nc5nc(nc8[n-]c(n3)c3ccccc83)-c3ccccc3-5)c3ccc(cc43)oc3ccc6c7c3)c2c1.[Mn+2].[Mn+2].[Mn+2]. The number of nitrogens with zero attached hydrogens (tertiary/aromatic N) is 24. The van der Waals surface area contributed by atoms with E-state index in [1.54, 1.807) is 0 Å². The zero-order valence-corrected chi connectivity index (χ0v) is 70.0. The van der Waals surface area contributed by atoms with Crippen LogP contribution in [0.1, 0.15) is 11.1 Å². The van der Waals surface area contributed by atoms with E-state index in [1.165, 1.54) is 0 Å². The maximum Gasteiger partial charge on any atom is 2.00 e. The first-order valence-electron chi connectivity index (χ1n) is 40.4. The van der Waals surface area contributed by atoms with Crippen LogP contribution in [0.4, 0.5) is 0 Å². The zero-order valence-electron chi connectivity index (χ0n) is 66.4. The largest absolute Gasteiger partial charge is 2.00 e. The molecule has 29 rings (SSSR count). The van der Waals surface area contributed by atoms with Crippen LogP contribution in [0.15, 0.2) is 248 Å². The summed E-state index contributed by atoms with van der Waals surface area (Å²) in [6.45, 7) is 4.08. The smallest absolute Gasteiger partial charge is 0.457 e. The first kappa shape index (κ1) is 74.0. The van der Waals surface area contributed by atoms with E-state index in [0.29, 0.717) is 244 Å². The van der Waals surface area contributed by atoms with Gasteiger partial charge >= 0.3 is 51.2 Å². The van der Waals surface area contributed by atoms with Gasteiger partial charge in [0.2, 0.25) is 0 Å². The van der Waals surface area contributed by atoms with E-state index in [2.05, 4.69) is 12.1 Å². The molecule has 0 saturated carbocycles. The molecular formula is C98H44Mn3N24O4. The van der Waals surface area contributed by atoms with Crippen molar-refractivity contribution >= 4 is 265 Å². The van der Waals surface area contributed by atoms with Crippen molar-refractivity contribution in [1.29, 1.82) is 0 Å². The minimum absolute atomic E-state index is 0. The fourth-order valence-corrected chi connectivity index (χ4v) is 18.0. The van der Waals surface area contributed by atoms with Crippen molar-refractivity contribution in [2.45, 2.75) is 13.8 Å². The molecule has 28 nitrogen and oxygen atoms in total. The molecule has 17 heterocycles. The molecule has 0 N–H and O–H groups in total. The maximum absolute atomic E-state index is 6.99. The predicted molar refractivity (Wildman–Crippen MR) is 482 cm³/mol. The van der Waals surface area contributed by atoms with Crippen LogP contribution < -0.4 is 29.9 Å². The Kier molecular flexibility index (Phi) is 15.6. The molecule has 0 saturated heterocycles. The second kappa shape index (κ2) is 27.2. The second-order valence-electron chi connectivity index (χ2n) is 31.7. The van der Waals surface area contributed by atoms with Crippen molar-refractivity contribution in [2.75, 3.05) is 0 Å². The number of rotatable bonds is 0. The Balaban J connectivity index is 0.00000293. The summed E-state index contributed by atoms with van der Waals surface area (Å²) in [5.74, 6) is 1.76. The summed E-state index contributed by atoms with van der Waals surface area (Å²) in [7, 11) is 0. The number of hydrogen-bond acceptors (Lipinski definition) is 22. The third-order valence-electron chi connectivity index (χ3n) is 23.9. The van der Waals surface area contributed by atoms with E-state index in [1.807, 2.05) is 232 Å². The van der Waals surface area contributed by atoms with Crippen molar-refractivity contribution in [3.05, 3.63) is 242 Å². The first-order chi connectivity index (χ1) is 62.0. The van der Waals surface area contributed by atoms with Gasteiger partial charge in [0, 0.05) is 133 Å². The Hall–Kier alpha value is -16.5. The number of aromatic nitrogens is 24. The predicted octanol–water partition coefficient (Wildman–Crippen LogP) is 20.1. The van der Waals surface area contributed by atoms with E-state index in [-0.39, 0.29) is 73.8 Å². The summed E-state index contributed by atoms with van der Waals surface area (Å²) < 4.78 is 27.9. The van der Waals surface area contributed by atoms with Gasteiger partial charge in [-0.2, -0.15) is 0 Å². The molecule has 0 amide bonds. The van der Waals surface area contributed by atoms with E-state index in [4.69, 9.17) is 137 Å². The van der Waals surface area contributed by atoms with Crippen LogP contribution in [0.3, 0.4) is 0 Å². The fourth-order valence-electron chi connectivity index (χ4n) is 18.0. The molecule has 0 unspecified atom stereocenters. The average molecular weight is 1790 g/mol. The molecule has 31 heteroatoms. The van der Waals surface area contributed by atoms with E-state index in [9.17, 15) is 0 Å². The number of hydrogen-bond donors (Lipinski definition) is 0. The van der Waals surface area contributed by atoms with Crippen LogP contribution in [0.5, 0.6) is 0 Å². The van der Waals surface area contributed by atoms with Crippen molar-refractivity contribution in [2.24, 2.45) is 0 Å². The third kappa shape index (κ3) is 11.3. The summed E-state index contributed by atoms with van der Waals surface area (Å²) in [4.78, 5) is 126. The van der Waals surface area contributed by atoms with Gasteiger partial charge in [0.05, 0.1) is 68.5 Å². The Morgan fingerprint density at radius 1 is 0.163 bits per heavy atom. The van der Waals surface area contributed by atoms with Gasteiger partial charge in [0.1, 0.15) is 44.7 Å². The van der Waals surface area contributed by atoms with Crippen LogP contribution in [0.2, 0.25) is 0 Å². The van der Waals surface area contributed by atoms with E-state index >= 15 is 0 Å². The molecule has 27 aromatic rings. The summed E-state index contributed by atoms with van der Waals surface area (Å²) in [5, 5.41) is 13.2. The van der Waals surface area contributed by atoms with Gasteiger partial charge < -0.3 is 107 Å². The molecule has 0 aliphatic carbocycles. The quantitative estimate of drug-likeness (QED) is 0.127. The molecule has 3 radical (unpaired) electrons. The molecule has 12 aromatic carbocycles. The second-order valence-corrected chi connectivity index (χ2v) is 31.7. The van der Waals surface area contributed by atoms with Gasteiger partial charge in [-0.3, -0.25) is 0 Å². The van der Waals surface area contributed by atoms with Crippen LogP contribution >= 0.6 is 0 Å². The van der Waals surface area contributed by atoms with Crippen LogP contribution in [-0.4, -0.2) is 89.7 Å². The summed E-state index contributed by atoms with van der Waals surface area (Å²) in [5.41, 5.74) is 15.7. The normalized spacial score (nSPS) is 12.2. The van der Waals surface area contributed by atoms with E-state index < -0.39 is 0 Å². The van der Waals surface area contributed by atoms with Crippen molar-refractivity contribution < 1.29 is 68.9 Å². The van der Waals surface area contributed by atoms with Crippen LogP contribution in [0, 0.1) is 13.8 Å². The van der Waals surface area contributed by atoms with Crippen LogP contribution in [-0.2, 0) is 51.2 Å². The number of fused-ring (bicyclic) bond motifs is 44. The third-order valence-corrected chi connectivity index (χ3v) is 23.9. The summed E-state index contributed by atoms with van der Waals surface area (Å²) in [6.07, 6.45) is 0. The van der Waals surface area contributed by atoms with Gasteiger partial charge in [-0.1, -0.05) is 90.0 Å². The molecule has 2 aliphatic heterocycles. The average Bonchev–Trinajstić information content (AvgIpc) is 1.60. The van der Waals surface area contributed by atoms with Gasteiger partial charge in [-0.25, -0.2) is 29.9 Å². The molecule has 601 valence electrons. The van der Waals surface area contributed by atoms with Gasteiger partial charge in [0.15, 0.2) is 0 Å². The molecule has 0 spiro atoms.